The summed E-state index contributed by atoms with van der Waals surface area (Å²) in [6.07, 6.45) is 2.28. The Morgan fingerprint density at radius 2 is 2.35 bits per heavy atom. The van der Waals surface area contributed by atoms with Crippen LogP contribution in [0.4, 0.5) is 0 Å². The number of nitrogens with one attached hydrogen (secondary N) is 1. The van der Waals surface area contributed by atoms with E-state index in [2.05, 4.69) is 5.32 Å². The molecule has 20 heavy (non-hydrogen) atoms. The molecule has 1 aromatic rings. The third kappa shape index (κ3) is 3.71. The van der Waals surface area contributed by atoms with Gasteiger partial charge in [0.1, 0.15) is 11.8 Å². The molecule has 0 aromatic heterocycles. The summed E-state index contributed by atoms with van der Waals surface area (Å²) >= 11 is 0. The first-order chi connectivity index (χ1) is 9.74. The van der Waals surface area contributed by atoms with Crippen LogP contribution in [-0.2, 0) is 14.3 Å². The number of carbonyl (C=O) groups excluding carboxylic acids is 1. The standard InChI is InChI=1S/C15H21NO4/c1-18-12-6-3-5-11(9-12)14(15(17)19-2)16-10-13-7-4-8-20-13/h3,5-6,9,13-14,16H,4,7-8,10H2,1-2H3. The van der Waals surface area contributed by atoms with Crippen molar-refractivity contribution in [1.29, 1.82) is 0 Å². The summed E-state index contributed by atoms with van der Waals surface area (Å²) < 4.78 is 15.6. The fourth-order valence-corrected chi connectivity index (χ4v) is 2.33. The van der Waals surface area contributed by atoms with Gasteiger partial charge in [-0.3, -0.25) is 5.32 Å². The highest BCUT2D eigenvalue weighted by atomic mass is 16.5. The predicted octanol–water partition coefficient (Wildman–Crippen LogP) is 1.68. The minimum Gasteiger partial charge on any atom is -0.497 e. The van der Waals surface area contributed by atoms with Crippen LogP contribution in [-0.4, -0.2) is 39.4 Å². The van der Waals surface area contributed by atoms with Crippen LogP contribution in [0.2, 0.25) is 0 Å². The van der Waals surface area contributed by atoms with E-state index in [0.717, 1.165) is 30.8 Å². The Kier molecular flexibility index (Phi) is 5.38. The molecule has 0 spiro atoms. The Morgan fingerprint density at radius 3 is 3.00 bits per heavy atom. The normalized spacial score (nSPS) is 19.6. The van der Waals surface area contributed by atoms with E-state index in [9.17, 15) is 4.79 Å². The molecule has 1 heterocycles. The van der Waals surface area contributed by atoms with Crippen LogP contribution >= 0.6 is 0 Å². The third-order valence-corrected chi connectivity index (χ3v) is 3.44. The zero-order valence-electron chi connectivity index (χ0n) is 11.9. The van der Waals surface area contributed by atoms with Crippen molar-refractivity contribution in [3.63, 3.8) is 0 Å². The Hall–Kier alpha value is -1.59. The van der Waals surface area contributed by atoms with E-state index < -0.39 is 6.04 Å². The Labute approximate surface area is 119 Å². The minimum absolute atomic E-state index is 0.174. The van der Waals surface area contributed by atoms with Gasteiger partial charge in [0.15, 0.2) is 0 Å². The number of ether oxygens (including phenoxy) is 3. The van der Waals surface area contributed by atoms with E-state index in [-0.39, 0.29) is 12.1 Å². The summed E-state index contributed by atoms with van der Waals surface area (Å²) in [6, 6.07) is 6.92. The average Bonchev–Trinajstić information content (AvgIpc) is 3.00. The van der Waals surface area contributed by atoms with Crippen molar-refractivity contribution >= 4 is 5.97 Å². The van der Waals surface area contributed by atoms with Crippen LogP contribution in [0.5, 0.6) is 5.75 Å². The van der Waals surface area contributed by atoms with Crippen LogP contribution in [0.3, 0.4) is 0 Å². The summed E-state index contributed by atoms with van der Waals surface area (Å²) in [6.45, 7) is 1.44. The monoisotopic (exact) mass is 279 g/mol. The van der Waals surface area contributed by atoms with Gasteiger partial charge in [0.05, 0.1) is 20.3 Å². The number of hydrogen-bond acceptors (Lipinski definition) is 5. The molecule has 0 saturated carbocycles. The molecule has 0 amide bonds. The quantitative estimate of drug-likeness (QED) is 0.803. The molecule has 0 radical (unpaired) electrons. The molecule has 0 bridgehead atoms. The molecule has 0 aliphatic carbocycles. The summed E-state index contributed by atoms with van der Waals surface area (Å²) in [5, 5.41) is 3.22. The molecule has 1 fully saturated rings. The molecule has 1 saturated heterocycles. The van der Waals surface area contributed by atoms with Gasteiger partial charge in [-0.2, -0.15) is 0 Å². The molecule has 2 unspecified atom stereocenters. The maximum Gasteiger partial charge on any atom is 0.327 e. The topological polar surface area (TPSA) is 56.8 Å². The molecule has 1 aromatic carbocycles. The second-order valence-corrected chi connectivity index (χ2v) is 4.78. The van der Waals surface area contributed by atoms with Crippen molar-refractivity contribution in [3.05, 3.63) is 29.8 Å². The van der Waals surface area contributed by atoms with Crippen molar-refractivity contribution in [2.45, 2.75) is 25.0 Å². The maximum absolute atomic E-state index is 12.0. The SMILES string of the molecule is COC(=O)C(NCC1CCCO1)c1cccc(OC)c1. The van der Waals surface area contributed by atoms with Gasteiger partial charge in [0.2, 0.25) is 0 Å². The van der Waals surface area contributed by atoms with E-state index in [0.29, 0.717) is 6.54 Å². The van der Waals surface area contributed by atoms with Crippen molar-refractivity contribution < 1.29 is 19.0 Å². The van der Waals surface area contributed by atoms with Crippen LogP contribution < -0.4 is 10.1 Å². The molecule has 5 heteroatoms. The highest BCUT2D eigenvalue weighted by molar-refractivity contribution is 5.77. The highest BCUT2D eigenvalue weighted by Gasteiger charge is 2.24. The fraction of sp³-hybridized carbons (Fsp3) is 0.533. The number of esters is 1. The lowest BCUT2D eigenvalue weighted by atomic mass is 10.1. The Bertz CT molecular complexity index is 443. The van der Waals surface area contributed by atoms with Gasteiger partial charge in [0.25, 0.3) is 0 Å². The fourth-order valence-electron chi connectivity index (χ4n) is 2.33. The Morgan fingerprint density at radius 1 is 1.50 bits per heavy atom. The van der Waals surface area contributed by atoms with Crippen molar-refractivity contribution in [2.75, 3.05) is 27.4 Å². The lowest BCUT2D eigenvalue weighted by Gasteiger charge is -2.19. The van der Waals surface area contributed by atoms with E-state index in [1.807, 2.05) is 24.3 Å². The second kappa shape index (κ2) is 7.26. The smallest absolute Gasteiger partial charge is 0.327 e. The summed E-state index contributed by atoms with van der Waals surface area (Å²) in [7, 11) is 3.00. The number of hydrogen-bond donors (Lipinski definition) is 1. The van der Waals surface area contributed by atoms with E-state index in [4.69, 9.17) is 14.2 Å². The lowest BCUT2D eigenvalue weighted by Crippen LogP contribution is -2.35. The highest BCUT2D eigenvalue weighted by Crippen LogP contribution is 2.21. The molecule has 2 atom stereocenters. The van der Waals surface area contributed by atoms with Crippen LogP contribution in [0.25, 0.3) is 0 Å². The van der Waals surface area contributed by atoms with E-state index in [1.54, 1.807) is 7.11 Å². The number of rotatable bonds is 6. The molecular weight excluding hydrogens is 258 g/mol. The van der Waals surface area contributed by atoms with E-state index >= 15 is 0 Å². The zero-order valence-corrected chi connectivity index (χ0v) is 11.9. The van der Waals surface area contributed by atoms with Gasteiger partial charge in [-0.25, -0.2) is 4.79 Å². The molecule has 1 N–H and O–H groups in total. The van der Waals surface area contributed by atoms with Gasteiger partial charge in [-0.1, -0.05) is 12.1 Å². The van der Waals surface area contributed by atoms with Gasteiger partial charge >= 0.3 is 5.97 Å². The van der Waals surface area contributed by atoms with Crippen LogP contribution in [0, 0.1) is 0 Å². The van der Waals surface area contributed by atoms with Crippen molar-refractivity contribution in [3.8, 4) is 5.75 Å². The Balaban J connectivity index is 2.07. The first-order valence-electron chi connectivity index (χ1n) is 6.81. The van der Waals surface area contributed by atoms with Crippen molar-refractivity contribution in [1.82, 2.24) is 5.32 Å². The molecule has 1 aliphatic heterocycles. The number of benzene rings is 1. The predicted molar refractivity (Wildman–Crippen MR) is 74.7 cm³/mol. The molecule has 5 nitrogen and oxygen atoms in total. The number of methoxy groups -OCH3 is 2. The summed E-state index contributed by atoms with van der Waals surface area (Å²) in [5.41, 5.74) is 0.828. The molecule has 2 rings (SSSR count). The second-order valence-electron chi connectivity index (χ2n) is 4.78. The van der Waals surface area contributed by atoms with Crippen LogP contribution in [0.15, 0.2) is 24.3 Å². The van der Waals surface area contributed by atoms with Crippen molar-refractivity contribution in [2.24, 2.45) is 0 Å². The molecular formula is C15H21NO4. The zero-order chi connectivity index (χ0) is 14.4. The van der Waals surface area contributed by atoms with E-state index in [1.165, 1.54) is 7.11 Å². The first kappa shape index (κ1) is 14.8. The summed E-state index contributed by atoms with van der Waals surface area (Å²) in [4.78, 5) is 12.0. The summed E-state index contributed by atoms with van der Waals surface area (Å²) in [5.74, 6) is 0.409. The average molecular weight is 279 g/mol. The number of carbonyl (C=O) groups is 1. The van der Waals surface area contributed by atoms with Gasteiger partial charge in [-0.15, -0.1) is 0 Å². The lowest BCUT2D eigenvalue weighted by molar-refractivity contribution is -0.143. The maximum atomic E-state index is 12.0. The molecule has 110 valence electrons. The molecule has 1 aliphatic rings. The largest absolute Gasteiger partial charge is 0.497 e. The van der Waals surface area contributed by atoms with Crippen LogP contribution in [0.1, 0.15) is 24.4 Å². The minimum atomic E-state index is -0.501. The third-order valence-electron chi connectivity index (χ3n) is 3.44. The first-order valence-corrected chi connectivity index (χ1v) is 6.81. The van der Waals surface area contributed by atoms with Gasteiger partial charge in [-0.05, 0) is 30.5 Å². The van der Waals surface area contributed by atoms with Gasteiger partial charge in [0, 0.05) is 13.2 Å². The van der Waals surface area contributed by atoms with Gasteiger partial charge < -0.3 is 14.2 Å².